The average Bonchev–Trinajstić information content (AvgIpc) is 2.16. The molecule has 0 fully saturated rings. The van der Waals surface area contributed by atoms with Gasteiger partial charge in [0.2, 0.25) is 0 Å². The molecule has 0 radical (unpaired) electrons. The molecular formula is C10H22S3. The Bertz CT molecular complexity index is 76.2. The second kappa shape index (κ2) is 13.1. The quantitative estimate of drug-likeness (QED) is 0.430. The van der Waals surface area contributed by atoms with E-state index in [1.165, 1.54) is 50.0 Å². The third kappa shape index (κ3) is 13.1. The van der Waals surface area contributed by atoms with Gasteiger partial charge in [-0.3, -0.25) is 0 Å². The van der Waals surface area contributed by atoms with Gasteiger partial charge in [0.25, 0.3) is 0 Å². The molecule has 80 valence electrons. The topological polar surface area (TPSA) is 0 Å². The second-order valence-electron chi connectivity index (χ2n) is 3.18. The molecule has 0 saturated carbocycles. The number of rotatable bonds is 10. The lowest BCUT2D eigenvalue weighted by molar-refractivity contribution is 0.629. The first-order valence-corrected chi connectivity index (χ1v) is 7.63. The average molecular weight is 238 g/mol. The Balaban J connectivity index is 2.76. The molecule has 3 heteroatoms. The molecule has 0 bridgehead atoms. The van der Waals surface area contributed by atoms with Crippen LogP contribution in [0.2, 0.25) is 0 Å². The van der Waals surface area contributed by atoms with Crippen molar-refractivity contribution in [2.75, 3.05) is 23.0 Å². The summed E-state index contributed by atoms with van der Waals surface area (Å²) in [5.74, 6) is 4.61. The number of thioether (sulfide) groups is 1. The van der Waals surface area contributed by atoms with Crippen molar-refractivity contribution < 1.29 is 0 Å². The van der Waals surface area contributed by atoms with Crippen molar-refractivity contribution in [2.45, 2.75) is 38.5 Å². The monoisotopic (exact) mass is 238 g/mol. The Hall–Kier alpha value is 1.05. The standard InChI is InChI=1S/C10H22S3/c11-7-5-3-1-2-4-6-9-13-10-8-12/h11-12H,1-10H2. The number of hydrogen-bond acceptors (Lipinski definition) is 3. The molecule has 0 spiro atoms. The third-order valence-electron chi connectivity index (χ3n) is 1.93. The van der Waals surface area contributed by atoms with E-state index in [2.05, 4.69) is 25.3 Å². The zero-order valence-corrected chi connectivity index (χ0v) is 11.0. The minimum Gasteiger partial charge on any atom is -0.179 e. The van der Waals surface area contributed by atoms with Crippen molar-refractivity contribution in [3.63, 3.8) is 0 Å². The molecule has 0 nitrogen and oxygen atoms in total. The van der Waals surface area contributed by atoms with Gasteiger partial charge in [-0.1, -0.05) is 25.7 Å². The first-order chi connectivity index (χ1) is 6.41. The van der Waals surface area contributed by atoms with Crippen LogP contribution in [0.4, 0.5) is 0 Å². The van der Waals surface area contributed by atoms with Crippen molar-refractivity contribution in [1.29, 1.82) is 0 Å². The van der Waals surface area contributed by atoms with Gasteiger partial charge in [0.1, 0.15) is 0 Å². The first-order valence-electron chi connectivity index (χ1n) is 5.21. The van der Waals surface area contributed by atoms with Gasteiger partial charge in [-0.25, -0.2) is 0 Å². The molecule has 0 rings (SSSR count). The largest absolute Gasteiger partial charge is 0.179 e. The molecule has 0 aromatic heterocycles. The van der Waals surface area contributed by atoms with Crippen LogP contribution in [-0.4, -0.2) is 23.0 Å². The Kier molecular flexibility index (Phi) is 14.1. The fourth-order valence-corrected chi connectivity index (χ4v) is 2.54. The third-order valence-corrected chi connectivity index (χ3v) is 3.84. The van der Waals surface area contributed by atoms with Crippen LogP contribution in [0, 0.1) is 0 Å². The zero-order valence-electron chi connectivity index (χ0n) is 8.37. The van der Waals surface area contributed by atoms with Crippen LogP contribution >= 0.6 is 37.0 Å². The zero-order chi connectivity index (χ0) is 9.78. The normalized spacial score (nSPS) is 10.6. The van der Waals surface area contributed by atoms with E-state index in [1.807, 2.05) is 11.8 Å². The lowest BCUT2D eigenvalue weighted by Crippen LogP contribution is -1.86. The summed E-state index contributed by atoms with van der Waals surface area (Å²) >= 11 is 10.4. The summed E-state index contributed by atoms with van der Waals surface area (Å²) < 4.78 is 0. The van der Waals surface area contributed by atoms with E-state index in [9.17, 15) is 0 Å². The number of unbranched alkanes of at least 4 members (excludes halogenated alkanes) is 5. The molecule has 0 N–H and O–H groups in total. The van der Waals surface area contributed by atoms with Crippen molar-refractivity contribution in [3.8, 4) is 0 Å². The van der Waals surface area contributed by atoms with Gasteiger partial charge in [-0.05, 0) is 30.1 Å². The van der Waals surface area contributed by atoms with Crippen LogP contribution in [0.25, 0.3) is 0 Å². The Morgan fingerprint density at radius 3 is 1.85 bits per heavy atom. The molecule has 0 saturated heterocycles. The molecular weight excluding hydrogens is 216 g/mol. The summed E-state index contributed by atoms with van der Waals surface area (Å²) in [6.45, 7) is 0. The van der Waals surface area contributed by atoms with Gasteiger partial charge >= 0.3 is 0 Å². The van der Waals surface area contributed by atoms with Crippen LogP contribution in [-0.2, 0) is 0 Å². The van der Waals surface area contributed by atoms with E-state index in [0.717, 1.165) is 11.5 Å². The minimum absolute atomic E-state index is 1.02. The molecule has 0 amide bonds. The van der Waals surface area contributed by atoms with E-state index >= 15 is 0 Å². The maximum atomic E-state index is 4.19. The summed E-state index contributed by atoms with van der Waals surface area (Å²) in [6, 6.07) is 0. The van der Waals surface area contributed by atoms with Crippen molar-refractivity contribution in [3.05, 3.63) is 0 Å². The number of thiol groups is 2. The first kappa shape index (κ1) is 14.1. The fraction of sp³-hybridized carbons (Fsp3) is 1.00. The fourth-order valence-electron chi connectivity index (χ4n) is 1.19. The van der Waals surface area contributed by atoms with Crippen LogP contribution in [0.1, 0.15) is 38.5 Å². The highest BCUT2D eigenvalue weighted by atomic mass is 32.2. The summed E-state index contributed by atoms with van der Waals surface area (Å²) in [7, 11) is 0. The van der Waals surface area contributed by atoms with Gasteiger partial charge in [-0.15, -0.1) is 0 Å². The van der Waals surface area contributed by atoms with E-state index in [-0.39, 0.29) is 0 Å². The highest BCUT2D eigenvalue weighted by Gasteiger charge is 1.91. The number of hydrogen-bond donors (Lipinski definition) is 2. The summed E-state index contributed by atoms with van der Waals surface area (Å²) in [5, 5.41) is 0. The summed E-state index contributed by atoms with van der Waals surface area (Å²) in [6.07, 6.45) is 8.27. The highest BCUT2D eigenvalue weighted by Crippen LogP contribution is 2.09. The molecule has 0 atom stereocenters. The molecule has 0 aliphatic rings. The van der Waals surface area contributed by atoms with Gasteiger partial charge in [-0.2, -0.15) is 37.0 Å². The predicted molar refractivity (Wildman–Crippen MR) is 72.7 cm³/mol. The molecule has 0 aliphatic carbocycles. The van der Waals surface area contributed by atoms with E-state index in [0.29, 0.717) is 0 Å². The second-order valence-corrected chi connectivity index (χ2v) is 5.30. The smallest absolute Gasteiger partial charge is 0.00210 e. The van der Waals surface area contributed by atoms with Gasteiger partial charge in [0.15, 0.2) is 0 Å². The maximum Gasteiger partial charge on any atom is 0.00210 e. The summed E-state index contributed by atoms with van der Waals surface area (Å²) in [5.41, 5.74) is 0. The highest BCUT2D eigenvalue weighted by molar-refractivity contribution is 7.99. The minimum atomic E-state index is 1.02. The SMILES string of the molecule is SCCCCCCCCSCCS. The molecule has 0 aliphatic heterocycles. The Morgan fingerprint density at radius 2 is 1.23 bits per heavy atom. The Labute approximate surface area is 98.5 Å². The Morgan fingerprint density at radius 1 is 0.615 bits per heavy atom. The predicted octanol–water partition coefficient (Wildman–Crippen LogP) is 3.92. The molecule has 0 aromatic carbocycles. The maximum absolute atomic E-state index is 4.19. The lowest BCUT2D eigenvalue weighted by Gasteiger charge is -2.00. The van der Waals surface area contributed by atoms with Crippen molar-refractivity contribution >= 4 is 37.0 Å². The molecule has 0 unspecified atom stereocenters. The van der Waals surface area contributed by atoms with Crippen molar-refractivity contribution in [2.24, 2.45) is 0 Å². The van der Waals surface area contributed by atoms with Crippen LogP contribution in [0.15, 0.2) is 0 Å². The van der Waals surface area contributed by atoms with Crippen LogP contribution in [0.5, 0.6) is 0 Å². The van der Waals surface area contributed by atoms with E-state index in [1.54, 1.807) is 0 Å². The molecule has 0 heterocycles. The molecule has 13 heavy (non-hydrogen) atoms. The van der Waals surface area contributed by atoms with E-state index in [4.69, 9.17) is 0 Å². The lowest BCUT2D eigenvalue weighted by atomic mass is 10.1. The van der Waals surface area contributed by atoms with Crippen molar-refractivity contribution in [1.82, 2.24) is 0 Å². The van der Waals surface area contributed by atoms with Gasteiger partial charge < -0.3 is 0 Å². The van der Waals surface area contributed by atoms with E-state index < -0.39 is 0 Å². The van der Waals surface area contributed by atoms with Gasteiger partial charge in [0.05, 0.1) is 0 Å². The van der Waals surface area contributed by atoms with Crippen LogP contribution in [0.3, 0.4) is 0 Å². The molecule has 0 aromatic rings. The van der Waals surface area contributed by atoms with Crippen LogP contribution < -0.4 is 0 Å². The van der Waals surface area contributed by atoms with Gasteiger partial charge in [0, 0.05) is 5.75 Å². The summed E-state index contributed by atoms with van der Waals surface area (Å²) in [4.78, 5) is 0.